The van der Waals surface area contributed by atoms with E-state index in [4.69, 9.17) is 37.0 Å². The molecular weight excluding hydrogens is 1350 g/mol. The molecule has 104 heavy (non-hydrogen) atoms. The number of aliphatic hydroxyl groups excluding tert-OH is 1. The van der Waals surface area contributed by atoms with E-state index >= 15 is 0 Å². The summed E-state index contributed by atoms with van der Waals surface area (Å²) in [7, 11) is -9.98. The number of unbranched alkanes of at least 4 members (excludes halogenated alkanes) is 27. The van der Waals surface area contributed by atoms with E-state index < -0.39 is 97.5 Å². The molecule has 0 aliphatic rings. The highest BCUT2D eigenvalue weighted by Crippen LogP contribution is 2.45. The number of phosphoric ester groups is 2. The summed E-state index contributed by atoms with van der Waals surface area (Å²) in [6.07, 6.45) is 85.7. The number of rotatable bonds is 75. The molecule has 0 saturated heterocycles. The Balaban J connectivity index is 5.42. The van der Waals surface area contributed by atoms with Crippen molar-refractivity contribution in [1.29, 1.82) is 0 Å². The van der Waals surface area contributed by atoms with Crippen LogP contribution in [0.4, 0.5) is 0 Å². The van der Waals surface area contributed by atoms with Crippen LogP contribution in [0.1, 0.15) is 323 Å². The van der Waals surface area contributed by atoms with Gasteiger partial charge in [-0.25, -0.2) is 9.13 Å². The van der Waals surface area contributed by atoms with E-state index in [0.717, 1.165) is 173 Å². The molecule has 0 rings (SSSR count). The molecule has 0 amide bonds. The Morgan fingerprint density at radius 3 is 0.808 bits per heavy atom. The fraction of sp³-hybridized carbons (Fsp3) is 0.694. The molecule has 596 valence electrons. The third kappa shape index (κ3) is 75.4. The van der Waals surface area contributed by atoms with Crippen LogP contribution in [0.2, 0.25) is 0 Å². The van der Waals surface area contributed by atoms with Gasteiger partial charge < -0.3 is 33.8 Å². The molecule has 0 heterocycles. The van der Waals surface area contributed by atoms with Crippen LogP contribution in [-0.2, 0) is 65.4 Å². The van der Waals surface area contributed by atoms with Crippen LogP contribution >= 0.6 is 15.6 Å². The Kier molecular flexibility index (Phi) is 72.9. The van der Waals surface area contributed by atoms with Crippen LogP contribution in [-0.4, -0.2) is 96.7 Å². The molecule has 0 spiro atoms. The van der Waals surface area contributed by atoms with Crippen LogP contribution < -0.4 is 0 Å². The summed E-state index contributed by atoms with van der Waals surface area (Å²) in [6.45, 7) is 4.47. The monoisotopic (exact) mass is 1500 g/mol. The molecule has 0 fully saturated rings. The normalized spacial score (nSPS) is 14.6. The van der Waals surface area contributed by atoms with Crippen LogP contribution in [0.3, 0.4) is 0 Å². The SMILES string of the molecule is CC/C=C\C/C=C\C/C=C\C/C=C\C/C=C\CCCC(=O)OCC(COP(=O)(O)OCC(O)COP(=O)(O)OCC(COC(=O)CCCCCCCCC/C=C\C/C=C\C/C=C\CC)OC(=O)CCCCCCCCCCCCCCCCC)OC(=O)CCCCCCC/C=C\C/C=C\C/C=C\CC. The molecule has 0 aromatic carbocycles. The standard InChI is InChI=1S/C85H144O17P2/c1-5-9-13-17-21-25-29-33-37-39-43-45-49-53-57-61-65-69-82(87)95-75-80(101-84(89)71-67-63-59-55-51-47-41-35-31-27-23-19-15-11-7-3)77-99-103(91,92)97-73-79(86)74-98-104(93,94)100-78-81(102-85(90)72-68-64-60-56-52-48-42-36-32-28-24-20-16-12-8-4)76-96-83(88)70-66-62-58-54-50-46-44-40-38-34-30-26-22-18-14-10-6-2/h9-11,13-15,21-23,25-27,33-35,37-38,41,43,45,53,57,79-81,86H,5-8,12,16-20,24,28-32,36,39-40,42,44,46-52,54-56,58-78H2,1-4H3,(H,91,92)(H,93,94)/b13-9-,14-10-,15-11-,25-21-,26-22-,27-23-,37-33-,38-34-,41-35-,45-43-,57-53-. The lowest BCUT2D eigenvalue weighted by Gasteiger charge is -2.21. The molecule has 0 saturated carbocycles. The molecule has 19 heteroatoms. The quantitative estimate of drug-likeness (QED) is 0.0169. The molecule has 0 aliphatic carbocycles. The molecule has 5 unspecified atom stereocenters. The Labute approximate surface area is 631 Å². The molecule has 0 aliphatic heterocycles. The van der Waals surface area contributed by atoms with Crippen LogP contribution in [0.25, 0.3) is 0 Å². The first kappa shape index (κ1) is 99.2. The van der Waals surface area contributed by atoms with Crippen molar-refractivity contribution in [2.45, 2.75) is 341 Å². The van der Waals surface area contributed by atoms with Crippen molar-refractivity contribution in [1.82, 2.24) is 0 Å². The number of aliphatic hydroxyl groups is 1. The first-order valence-corrected chi connectivity index (χ1v) is 43.4. The largest absolute Gasteiger partial charge is 0.472 e. The number of esters is 4. The average Bonchev–Trinajstić information content (AvgIpc) is 0.937. The van der Waals surface area contributed by atoms with Gasteiger partial charge in [0.05, 0.1) is 26.4 Å². The van der Waals surface area contributed by atoms with E-state index in [0.29, 0.717) is 32.1 Å². The van der Waals surface area contributed by atoms with Gasteiger partial charge in [0.2, 0.25) is 0 Å². The van der Waals surface area contributed by atoms with E-state index in [-0.39, 0.29) is 25.7 Å². The summed E-state index contributed by atoms with van der Waals surface area (Å²) in [4.78, 5) is 73.1. The first-order valence-electron chi connectivity index (χ1n) is 40.4. The smallest absolute Gasteiger partial charge is 0.462 e. The topological polar surface area (TPSA) is 237 Å². The second-order valence-electron chi connectivity index (χ2n) is 26.6. The Morgan fingerprint density at radius 2 is 0.510 bits per heavy atom. The second kappa shape index (κ2) is 76.4. The van der Waals surface area contributed by atoms with E-state index in [2.05, 4.69) is 149 Å². The van der Waals surface area contributed by atoms with Crippen LogP contribution in [0.5, 0.6) is 0 Å². The molecule has 5 atom stereocenters. The number of hydrogen-bond acceptors (Lipinski definition) is 15. The van der Waals surface area contributed by atoms with Crippen molar-refractivity contribution < 1.29 is 80.2 Å². The zero-order chi connectivity index (χ0) is 76.0. The van der Waals surface area contributed by atoms with Gasteiger partial charge in [-0.15, -0.1) is 0 Å². The third-order valence-electron chi connectivity index (χ3n) is 16.6. The summed E-state index contributed by atoms with van der Waals surface area (Å²) in [5.41, 5.74) is 0. The lowest BCUT2D eigenvalue weighted by atomic mass is 10.0. The van der Waals surface area contributed by atoms with Crippen molar-refractivity contribution in [3.05, 3.63) is 134 Å². The van der Waals surface area contributed by atoms with Gasteiger partial charge in [0, 0.05) is 25.7 Å². The molecule has 0 aromatic heterocycles. The maximum Gasteiger partial charge on any atom is 0.472 e. The zero-order valence-electron chi connectivity index (χ0n) is 65.2. The van der Waals surface area contributed by atoms with E-state index in [9.17, 15) is 43.2 Å². The van der Waals surface area contributed by atoms with Crippen molar-refractivity contribution in [3.63, 3.8) is 0 Å². The second-order valence-corrected chi connectivity index (χ2v) is 29.5. The molecule has 3 N–H and O–H groups in total. The van der Waals surface area contributed by atoms with Gasteiger partial charge in [0.15, 0.2) is 12.2 Å². The van der Waals surface area contributed by atoms with Gasteiger partial charge in [-0.3, -0.25) is 37.3 Å². The van der Waals surface area contributed by atoms with Crippen molar-refractivity contribution in [2.75, 3.05) is 39.6 Å². The summed E-state index contributed by atoms with van der Waals surface area (Å²) in [6, 6.07) is 0. The predicted molar refractivity (Wildman–Crippen MR) is 427 cm³/mol. The van der Waals surface area contributed by atoms with Crippen LogP contribution in [0, 0.1) is 0 Å². The molecule has 0 bridgehead atoms. The molecule has 0 aromatic rings. The molecular formula is C85H144O17P2. The summed E-state index contributed by atoms with van der Waals surface area (Å²) >= 11 is 0. The van der Waals surface area contributed by atoms with Crippen molar-refractivity contribution >= 4 is 39.5 Å². The maximum absolute atomic E-state index is 13.1. The fourth-order valence-corrected chi connectivity index (χ4v) is 12.2. The van der Waals surface area contributed by atoms with Gasteiger partial charge in [-0.05, 0) is 128 Å². The third-order valence-corrected chi connectivity index (χ3v) is 18.5. The maximum atomic E-state index is 13.1. The van der Waals surface area contributed by atoms with E-state index in [1.165, 1.54) is 64.2 Å². The highest BCUT2D eigenvalue weighted by molar-refractivity contribution is 7.47. The predicted octanol–water partition coefficient (Wildman–Crippen LogP) is 23.7. The van der Waals surface area contributed by atoms with Crippen molar-refractivity contribution in [3.8, 4) is 0 Å². The van der Waals surface area contributed by atoms with Gasteiger partial charge in [-0.1, -0.05) is 303 Å². The minimum Gasteiger partial charge on any atom is -0.462 e. The molecule has 0 radical (unpaired) electrons. The minimum atomic E-state index is -5.00. The summed E-state index contributed by atoms with van der Waals surface area (Å²) < 4.78 is 68.6. The van der Waals surface area contributed by atoms with Gasteiger partial charge in [0.1, 0.15) is 19.3 Å². The minimum absolute atomic E-state index is 0.0604. The Bertz CT molecular complexity index is 2490. The first-order chi connectivity index (χ1) is 50.7. The number of carbonyl (C=O) groups excluding carboxylic acids is 4. The summed E-state index contributed by atoms with van der Waals surface area (Å²) in [5.74, 6) is -2.26. The Morgan fingerprint density at radius 1 is 0.279 bits per heavy atom. The van der Waals surface area contributed by atoms with E-state index in [1.807, 2.05) is 12.2 Å². The lowest BCUT2D eigenvalue weighted by Crippen LogP contribution is -2.30. The van der Waals surface area contributed by atoms with Crippen molar-refractivity contribution in [2.24, 2.45) is 0 Å². The number of ether oxygens (including phenoxy) is 4. The fourth-order valence-electron chi connectivity index (χ4n) is 10.6. The number of carbonyl (C=O) groups is 4. The highest BCUT2D eigenvalue weighted by Gasteiger charge is 2.30. The highest BCUT2D eigenvalue weighted by atomic mass is 31.2. The summed E-state index contributed by atoms with van der Waals surface area (Å²) in [5, 5.41) is 10.6. The number of allylic oxidation sites excluding steroid dienone is 22. The van der Waals surface area contributed by atoms with Crippen LogP contribution in [0.15, 0.2) is 134 Å². The van der Waals surface area contributed by atoms with Gasteiger partial charge in [-0.2, -0.15) is 0 Å². The molecule has 17 nitrogen and oxygen atoms in total. The van der Waals surface area contributed by atoms with Gasteiger partial charge in [0.25, 0.3) is 0 Å². The number of hydrogen-bond donors (Lipinski definition) is 3. The number of phosphoric acid groups is 2. The van der Waals surface area contributed by atoms with E-state index in [1.54, 1.807) is 0 Å². The lowest BCUT2D eigenvalue weighted by molar-refractivity contribution is -0.161. The zero-order valence-corrected chi connectivity index (χ0v) is 66.9. The average molecular weight is 1500 g/mol. The van der Waals surface area contributed by atoms with Gasteiger partial charge >= 0.3 is 39.5 Å². The Hall–Kier alpha value is -4.80.